The van der Waals surface area contributed by atoms with E-state index in [1.807, 2.05) is 30.3 Å². The molecular formula is C19H20N6O3. The molecule has 1 atom stereocenters. The molecule has 0 spiro atoms. The molecule has 1 aliphatic heterocycles. The van der Waals surface area contributed by atoms with E-state index in [4.69, 9.17) is 10.5 Å². The number of rotatable bonds is 5. The van der Waals surface area contributed by atoms with Gasteiger partial charge in [0.25, 0.3) is 5.91 Å². The van der Waals surface area contributed by atoms with Crippen LogP contribution >= 0.6 is 0 Å². The zero-order valence-electron chi connectivity index (χ0n) is 15.2. The van der Waals surface area contributed by atoms with Gasteiger partial charge in [-0.3, -0.25) is 14.9 Å². The normalized spacial score (nSPS) is 16.2. The molecule has 0 aromatic heterocycles. The first-order valence-corrected chi connectivity index (χ1v) is 8.52. The number of carbonyl (C=O) groups excluding carboxylic acids is 2. The van der Waals surface area contributed by atoms with Crippen LogP contribution in [0.1, 0.15) is 6.42 Å². The van der Waals surface area contributed by atoms with Gasteiger partial charge in [-0.15, -0.1) is 0 Å². The number of methoxy groups -OCH3 is 1. The largest absolute Gasteiger partial charge is 0.497 e. The first-order valence-electron chi connectivity index (χ1n) is 8.52. The summed E-state index contributed by atoms with van der Waals surface area (Å²) in [5, 5.41) is 8.11. The maximum atomic E-state index is 12.2. The third-order valence-corrected chi connectivity index (χ3v) is 3.82. The lowest BCUT2D eigenvalue weighted by atomic mass is 10.2. The first-order chi connectivity index (χ1) is 13.5. The van der Waals surface area contributed by atoms with Gasteiger partial charge in [-0.25, -0.2) is 4.99 Å². The maximum Gasteiger partial charge on any atom is 0.252 e. The van der Waals surface area contributed by atoms with Crippen LogP contribution in [0.5, 0.6) is 5.75 Å². The summed E-state index contributed by atoms with van der Waals surface area (Å²) in [4.78, 5) is 32.4. The zero-order valence-corrected chi connectivity index (χ0v) is 15.2. The van der Waals surface area contributed by atoms with Gasteiger partial charge in [-0.05, 0) is 24.3 Å². The van der Waals surface area contributed by atoms with E-state index >= 15 is 0 Å². The van der Waals surface area contributed by atoms with Gasteiger partial charge >= 0.3 is 0 Å². The van der Waals surface area contributed by atoms with E-state index in [1.165, 1.54) is 0 Å². The number of carbonyl (C=O) groups is 2. The number of nitrogens with one attached hydrogen (secondary N) is 3. The number of nitrogens with two attached hydrogens (primary N) is 1. The van der Waals surface area contributed by atoms with Gasteiger partial charge in [0.2, 0.25) is 17.8 Å². The van der Waals surface area contributed by atoms with Gasteiger partial charge in [0.15, 0.2) is 0 Å². The molecule has 0 unspecified atom stereocenters. The lowest BCUT2D eigenvalue weighted by Crippen LogP contribution is -2.32. The summed E-state index contributed by atoms with van der Waals surface area (Å²) in [5.74, 6) is -0.00546. The number of guanidine groups is 2. The lowest BCUT2D eigenvalue weighted by molar-refractivity contribution is -0.123. The van der Waals surface area contributed by atoms with Crippen LogP contribution in [0.2, 0.25) is 0 Å². The van der Waals surface area contributed by atoms with Crippen LogP contribution in [0, 0.1) is 0 Å². The number of benzene rings is 2. The van der Waals surface area contributed by atoms with Gasteiger partial charge in [-0.1, -0.05) is 24.3 Å². The van der Waals surface area contributed by atoms with E-state index in [0.717, 1.165) is 5.69 Å². The Kier molecular flexibility index (Phi) is 5.85. The highest BCUT2D eigenvalue weighted by Gasteiger charge is 2.28. The number of para-hydroxylation sites is 1. The van der Waals surface area contributed by atoms with E-state index in [-0.39, 0.29) is 24.2 Å². The van der Waals surface area contributed by atoms with Crippen molar-refractivity contribution >= 4 is 35.1 Å². The Balaban J connectivity index is 1.59. The molecule has 0 saturated heterocycles. The number of amides is 2. The molecule has 5 N–H and O–H groups in total. The van der Waals surface area contributed by atoms with Gasteiger partial charge in [0, 0.05) is 17.4 Å². The second-order valence-electron chi connectivity index (χ2n) is 5.93. The number of nitrogens with zero attached hydrogens (tertiary/aromatic N) is 2. The fraction of sp³-hybridized carbons (Fsp3) is 0.158. The number of hydrogen-bond acceptors (Lipinski definition) is 5. The van der Waals surface area contributed by atoms with Crippen molar-refractivity contribution in [2.75, 3.05) is 17.7 Å². The Labute approximate surface area is 161 Å². The van der Waals surface area contributed by atoms with Crippen LogP contribution in [0.4, 0.5) is 11.4 Å². The van der Waals surface area contributed by atoms with Gasteiger partial charge in [0.1, 0.15) is 11.8 Å². The summed E-state index contributed by atoms with van der Waals surface area (Å²) in [7, 11) is 1.54. The Morgan fingerprint density at radius 2 is 1.93 bits per heavy atom. The molecule has 0 aliphatic carbocycles. The van der Waals surface area contributed by atoms with Crippen LogP contribution in [0.3, 0.4) is 0 Å². The second-order valence-corrected chi connectivity index (χ2v) is 5.93. The topological polar surface area (TPSA) is 130 Å². The minimum Gasteiger partial charge on any atom is -0.497 e. The summed E-state index contributed by atoms with van der Waals surface area (Å²) >= 11 is 0. The number of anilines is 2. The molecule has 2 amide bonds. The Bertz CT molecular complexity index is 926. The van der Waals surface area contributed by atoms with Crippen molar-refractivity contribution in [3.05, 3.63) is 54.6 Å². The van der Waals surface area contributed by atoms with Gasteiger partial charge in [0.05, 0.1) is 13.5 Å². The molecule has 9 heteroatoms. The third kappa shape index (κ3) is 5.07. The quantitative estimate of drug-likeness (QED) is 0.459. The fourth-order valence-corrected chi connectivity index (χ4v) is 2.53. The molecule has 0 bridgehead atoms. The molecule has 0 fully saturated rings. The minimum atomic E-state index is -0.867. The molecule has 1 aliphatic rings. The lowest BCUT2D eigenvalue weighted by Gasteiger charge is -2.08. The molecule has 3 rings (SSSR count). The predicted molar refractivity (Wildman–Crippen MR) is 107 cm³/mol. The molecule has 1 heterocycles. The molecular weight excluding hydrogens is 360 g/mol. The Morgan fingerprint density at radius 3 is 2.68 bits per heavy atom. The van der Waals surface area contributed by atoms with Crippen molar-refractivity contribution in [2.45, 2.75) is 12.5 Å². The molecule has 2 aromatic carbocycles. The molecule has 2 aromatic rings. The summed E-state index contributed by atoms with van der Waals surface area (Å²) in [6.07, 6.45) is -0.117. The van der Waals surface area contributed by atoms with Crippen LogP contribution in [0.25, 0.3) is 0 Å². The van der Waals surface area contributed by atoms with E-state index in [2.05, 4.69) is 25.9 Å². The molecule has 144 valence electrons. The summed E-state index contributed by atoms with van der Waals surface area (Å²) in [6.45, 7) is 0. The van der Waals surface area contributed by atoms with E-state index in [0.29, 0.717) is 11.4 Å². The van der Waals surface area contributed by atoms with Gasteiger partial charge in [-0.2, -0.15) is 4.99 Å². The highest BCUT2D eigenvalue weighted by atomic mass is 16.5. The molecule has 0 saturated carbocycles. The van der Waals surface area contributed by atoms with E-state index in [1.54, 1.807) is 31.4 Å². The highest BCUT2D eigenvalue weighted by Crippen LogP contribution is 2.17. The number of aliphatic imine (C=N–C) groups is 2. The summed E-state index contributed by atoms with van der Waals surface area (Å²) in [6, 6.07) is 15.3. The first kappa shape index (κ1) is 18.9. The van der Waals surface area contributed by atoms with Crippen molar-refractivity contribution in [2.24, 2.45) is 15.7 Å². The van der Waals surface area contributed by atoms with Crippen LogP contribution in [-0.4, -0.2) is 36.9 Å². The standard InChI is InChI=1S/C19H20N6O3/c1-28-14-9-5-8-13(10-14)21-16(26)11-15-17(27)24-19(23-15)25-18(20)22-12-6-3-2-4-7-12/h2-10,15H,11H2,1H3,(H,21,26)(H4,20,22,23,24,25,27)/t15-/m0/s1. The zero-order chi connectivity index (χ0) is 19.9. The number of hydrogen-bond donors (Lipinski definition) is 4. The Morgan fingerprint density at radius 1 is 1.18 bits per heavy atom. The van der Waals surface area contributed by atoms with Gasteiger partial charge < -0.3 is 21.1 Å². The average Bonchev–Trinajstić information content (AvgIpc) is 3.01. The van der Waals surface area contributed by atoms with Crippen molar-refractivity contribution in [3.8, 4) is 5.75 Å². The number of ether oxygens (including phenoxy) is 1. The fourth-order valence-electron chi connectivity index (χ4n) is 2.53. The Hall–Kier alpha value is -3.88. The van der Waals surface area contributed by atoms with Crippen LogP contribution in [-0.2, 0) is 9.59 Å². The summed E-state index contributed by atoms with van der Waals surface area (Å²) in [5.41, 5.74) is 7.15. The smallest absolute Gasteiger partial charge is 0.252 e. The van der Waals surface area contributed by atoms with Crippen molar-refractivity contribution in [1.29, 1.82) is 0 Å². The predicted octanol–water partition coefficient (Wildman–Crippen LogP) is 1.30. The maximum absolute atomic E-state index is 12.2. The molecule has 9 nitrogen and oxygen atoms in total. The van der Waals surface area contributed by atoms with Crippen molar-refractivity contribution < 1.29 is 14.3 Å². The van der Waals surface area contributed by atoms with Crippen molar-refractivity contribution in [3.63, 3.8) is 0 Å². The van der Waals surface area contributed by atoms with Crippen LogP contribution < -0.4 is 26.4 Å². The monoisotopic (exact) mass is 380 g/mol. The molecule has 28 heavy (non-hydrogen) atoms. The van der Waals surface area contributed by atoms with Crippen LogP contribution in [0.15, 0.2) is 64.6 Å². The molecule has 0 radical (unpaired) electrons. The van der Waals surface area contributed by atoms with Crippen molar-refractivity contribution in [1.82, 2.24) is 5.32 Å². The second kappa shape index (κ2) is 8.67. The highest BCUT2D eigenvalue weighted by molar-refractivity contribution is 6.11. The average molecular weight is 380 g/mol. The minimum absolute atomic E-state index is 0.0603. The third-order valence-electron chi connectivity index (χ3n) is 3.82. The summed E-state index contributed by atoms with van der Waals surface area (Å²) < 4.78 is 5.11. The SMILES string of the molecule is COc1cccc(NC(=O)C[C@@H]2N=C(N=C(N)Nc3ccccc3)NC2=O)c1. The van der Waals surface area contributed by atoms with E-state index < -0.39 is 11.9 Å². The van der Waals surface area contributed by atoms with E-state index in [9.17, 15) is 9.59 Å².